The highest BCUT2D eigenvalue weighted by Crippen LogP contribution is 2.19. The van der Waals surface area contributed by atoms with Crippen LogP contribution in [-0.4, -0.2) is 15.2 Å². The van der Waals surface area contributed by atoms with Gasteiger partial charge >= 0.3 is 0 Å². The standard InChI is InChI=1S/C9H9FN4/c1-5-2-3-6(7(10)4-5)8-12-9(11)14-13-8/h2-4H,1H3,(H3,11,12,13,14). The van der Waals surface area contributed by atoms with Gasteiger partial charge in [0, 0.05) is 0 Å². The summed E-state index contributed by atoms with van der Waals surface area (Å²) in [5, 5.41) is 6.19. The van der Waals surface area contributed by atoms with E-state index in [2.05, 4.69) is 15.2 Å². The summed E-state index contributed by atoms with van der Waals surface area (Å²) in [5.41, 5.74) is 6.55. The van der Waals surface area contributed by atoms with Gasteiger partial charge in [0.2, 0.25) is 5.95 Å². The summed E-state index contributed by atoms with van der Waals surface area (Å²) in [5.74, 6) is 0.126. The molecule has 0 amide bonds. The van der Waals surface area contributed by atoms with E-state index in [0.717, 1.165) is 5.56 Å². The second-order valence-corrected chi connectivity index (χ2v) is 3.03. The zero-order valence-electron chi connectivity index (χ0n) is 7.58. The molecule has 0 atom stereocenters. The zero-order chi connectivity index (χ0) is 10.1. The lowest BCUT2D eigenvalue weighted by molar-refractivity contribution is 0.629. The number of hydrogen-bond acceptors (Lipinski definition) is 3. The first-order chi connectivity index (χ1) is 6.66. The summed E-state index contributed by atoms with van der Waals surface area (Å²) in [6.45, 7) is 1.82. The number of nitrogens with zero attached hydrogens (tertiary/aromatic N) is 2. The van der Waals surface area contributed by atoms with Crippen LogP contribution in [0.1, 0.15) is 5.56 Å². The number of nitrogens with two attached hydrogens (primary N) is 1. The van der Waals surface area contributed by atoms with Crippen molar-refractivity contribution in [3.63, 3.8) is 0 Å². The smallest absolute Gasteiger partial charge is 0.239 e. The van der Waals surface area contributed by atoms with Crippen LogP contribution in [0.2, 0.25) is 0 Å². The molecule has 2 aromatic rings. The maximum atomic E-state index is 13.4. The number of anilines is 1. The Hall–Kier alpha value is -1.91. The molecule has 2 rings (SSSR count). The van der Waals surface area contributed by atoms with Gasteiger partial charge in [-0.15, -0.1) is 5.10 Å². The van der Waals surface area contributed by atoms with Crippen LogP contribution in [0.4, 0.5) is 10.3 Å². The van der Waals surface area contributed by atoms with E-state index in [1.807, 2.05) is 6.92 Å². The number of rotatable bonds is 1. The first-order valence-electron chi connectivity index (χ1n) is 4.11. The number of halogens is 1. The van der Waals surface area contributed by atoms with Gasteiger partial charge in [0.15, 0.2) is 5.82 Å². The van der Waals surface area contributed by atoms with Crippen LogP contribution in [0, 0.1) is 12.7 Å². The topological polar surface area (TPSA) is 67.6 Å². The number of nitrogen functional groups attached to an aromatic ring is 1. The first kappa shape index (κ1) is 8.68. The zero-order valence-corrected chi connectivity index (χ0v) is 7.58. The summed E-state index contributed by atoms with van der Waals surface area (Å²) in [4.78, 5) is 3.84. The molecular weight excluding hydrogens is 183 g/mol. The second-order valence-electron chi connectivity index (χ2n) is 3.03. The molecule has 1 aromatic heterocycles. The van der Waals surface area contributed by atoms with Crippen LogP contribution < -0.4 is 5.73 Å². The molecule has 5 heteroatoms. The minimum Gasteiger partial charge on any atom is -0.366 e. The van der Waals surface area contributed by atoms with Crippen molar-refractivity contribution in [2.45, 2.75) is 6.92 Å². The van der Waals surface area contributed by atoms with Crippen molar-refractivity contribution in [3.8, 4) is 11.4 Å². The van der Waals surface area contributed by atoms with E-state index in [-0.39, 0.29) is 11.8 Å². The Morgan fingerprint density at radius 2 is 2.21 bits per heavy atom. The van der Waals surface area contributed by atoms with Crippen molar-refractivity contribution in [1.29, 1.82) is 0 Å². The van der Waals surface area contributed by atoms with Gasteiger partial charge in [-0.05, 0) is 24.6 Å². The van der Waals surface area contributed by atoms with Crippen molar-refractivity contribution in [2.24, 2.45) is 0 Å². The van der Waals surface area contributed by atoms with Gasteiger partial charge in [-0.2, -0.15) is 4.98 Å². The molecule has 0 radical (unpaired) electrons. The summed E-state index contributed by atoms with van der Waals surface area (Å²) >= 11 is 0. The fourth-order valence-electron chi connectivity index (χ4n) is 1.21. The molecule has 0 spiro atoms. The van der Waals surface area contributed by atoms with E-state index in [4.69, 9.17) is 5.73 Å². The molecule has 0 aliphatic rings. The molecule has 0 saturated carbocycles. The molecule has 1 aromatic carbocycles. The van der Waals surface area contributed by atoms with Crippen LogP contribution in [0.25, 0.3) is 11.4 Å². The number of H-pyrrole nitrogens is 1. The van der Waals surface area contributed by atoms with Gasteiger partial charge in [0.1, 0.15) is 5.82 Å². The molecule has 0 saturated heterocycles. The number of hydrogen-bond donors (Lipinski definition) is 2. The van der Waals surface area contributed by atoms with Crippen LogP contribution in [-0.2, 0) is 0 Å². The quantitative estimate of drug-likeness (QED) is 0.719. The number of aromatic amines is 1. The van der Waals surface area contributed by atoms with Gasteiger partial charge in [0.05, 0.1) is 5.56 Å². The Bertz CT molecular complexity index is 464. The Balaban J connectivity index is 2.52. The molecule has 0 aliphatic heterocycles. The minimum atomic E-state index is -0.332. The normalized spacial score (nSPS) is 10.4. The maximum Gasteiger partial charge on any atom is 0.239 e. The van der Waals surface area contributed by atoms with Crippen molar-refractivity contribution >= 4 is 5.95 Å². The highest BCUT2D eigenvalue weighted by Gasteiger charge is 2.08. The Morgan fingerprint density at radius 1 is 1.43 bits per heavy atom. The van der Waals surface area contributed by atoms with Crippen molar-refractivity contribution < 1.29 is 4.39 Å². The van der Waals surface area contributed by atoms with Gasteiger partial charge in [-0.25, -0.2) is 4.39 Å². The molecule has 0 unspecified atom stereocenters. The van der Waals surface area contributed by atoms with Crippen molar-refractivity contribution in [1.82, 2.24) is 15.2 Å². The summed E-state index contributed by atoms with van der Waals surface area (Å²) in [7, 11) is 0. The van der Waals surface area contributed by atoms with Gasteiger partial charge in [-0.3, -0.25) is 5.10 Å². The van der Waals surface area contributed by atoms with Crippen molar-refractivity contribution in [2.75, 3.05) is 5.73 Å². The molecule has 0 bridgehead atoms. The third kappa shape index (κ3) is 1.44. The van der Waals surface area contributed by atoms with E-state index in [0.29, 0.717) is 11.4 Å². The number of aryl methyl sites for hydroxylation is 1. The second kappa shape index (κ2) is 3.10. The van der Waals surface area contributed by atoms with Crippen molar-refractivity contribution in [3.05, 3.63) is 29.6 Å². The summed E-state index contributed by atoms with van der Waals surface area (Å²) in [6, 6.07) is 4.88. The Kier molecular flexibility index (Phi) is 1.92. The molecule has 0 aliphatic carbocycles. The third-order valence-corrected chi connectivity index (χ3v) is 1.88. The number of benzene rings is 1. The lowest BCUT2D eigenvalue weighted by Crippen LogP contribution is -1.88. The summed E-state index contributed by atoms with van der Waals surface area (Å²) in [6.07, 6.45) is 0. The molecule has 14 heavy (non-hydrogen) atoms. The van der Waals surface area contributed by atoms with Crippen LogP contribution in [0.5, 0.6) is 0 Å². The monoisotopic (exact) mass is 192 g/mol. The van der Waals surface area contributed by atoms with E-state index >= 15 is 0 Å². The first-order valence-corrected chi connectivity index (χ1v) is 4.11. The predicted molar refractivity (Wildman–Crippen MR) is 50.9 cm³/mol. The van der Waals surface area contributed by atoms with Gasteiger partial charge < -0.3 is 5.73 Å². The molecule has 4 nitrogen and oxygen atoms in total. The fourth-order valence-corrected chi connectivity index (χ4v) is 1.21. The molecule has 3 N–H and O–H groups in total. The predicted octanol–water partition coefficient (Wildman–Crippen LogP) is 1.50. The number of nitrogens with one attached hydrogen (secondary N) is 1. The Labute approximate surface area is 80.0 Å². The lowest BCUT2D eigenvalue weighted by atomic mass is 10.1. The van der Waals surface area contributed by atoms with Gasteiger partial charge in [-0.1, -0.05) is 6.07 Å². The molecule has 1 heterocycles. The van der Waals surface area contributed by atoms with E-state index < -0.39 is 0 Å². The van der Waals surface area contributed by atoms with Crippen LogP contribution >= 0.6 is 0 Å². The highest BCUT2D eigenvalue weighted by atomic mass is 19.1. The number of aromatic nitrogens is 3. The third-order valence-electron chi connectivity index (χ3n) is 1.88. The van der Waals surface area contributed by atoms with E-state index in [1.165, 1.54) is 6.07 Å². The van der Waals surface area contributed by atoms with Gasteiger partial charge in [0.25, 0.3) is 0 Å². The fraction of sp³-hybridized carbons (Fsp3) is 0.111. The molecule has 0 fully saturated rings. The molecular formula is C9H9FN4. The van der Waals surface area contributed by atoms with E-state index in [1.54, 1.807) is 12.1 Å². The maximum absolute atomic E-state index is 13.4. The minimum absolute atomic E-state index is 0.111. The lowest BCUT2D eigenvalue weighted by Gasteiger charge is -1.99. The Morgan fingerprint density at radius 3 is 2.79 bits per heavy atom. The molecule has 72 valence electrons. The van der Waals surface area contributed by atoms with E-state index in [9.17, 15) is 4.39 Å². The average molecular weight is 192 g/mol. The average Bonchev–Trinajstić information content (AvgIpc) is 2.51. The SMILES string of the molecule is Cc1ccc(-c2nc(N)n[nH]2)c(F)c1. The van der Waals surface area contributed by atoms with Crippen LogP contribution in [0.3, 0.4) is 0 Å². The van der Waals surface area contributed by atoms with Crippen LogP contribution in [0.15, 0.2) is 18.2 Å². The summed E-state index contributed by atoms with van der Waals surface area (Å²) < 4.78 is 13.4. The largest absolute Gasteiger partial charge is 0.366 e. The highest BCUT2D eigenvalue weighted by molar-refractivity contribution is 5.57.